The first-order valence-electron chi connectivity index (χ1n) is 4.79. The minimum absolute atomic E-state index is 0.0382. The third-order valence-corrected chi connectivity index (χ3v) is 3.57. The molecule has 0 saturated carbocycles. The van der Waals surface area contributed by atoms with Crippen LogP contribution in [0.3, 0.4) is 0 Å². The maximum atomic E-state index is 12.4. The molecular weight excluding hydrogens is 340 g/mol. The van der Waals surface area contributed by atoms with Crippen molar-refractivity contribution in [2.24, 2.45) is 0 Å². The van der Waals surface area contributed by atoms with Crippen molar-refractivity contribution >= 4 is 33.0 Å². The van der Waals surface area contributed by atoms with Gasteiger partial charge in [-0.1, -0.05) is 0 Å². The average molecular weight is 349 g/mol. The Morgan fingerprint density at radius 2 is 2.17 bits per heavy atom. The van der Waals surface area contributed by atoms with E-state index in [0.29, 0.717) is 0 Å². The summed E-state index contributed by atoms with van der Waals surface area (Å²) in [7, 11) is 0. The van der Waals surface area contributed by atoms with Crippen LogP contribution >= 0.6 is 27.3 Å². The third kappa shape index (κ3) is 5.03. The molecule has 2 nitrogen and oxygen atoms in total. The van der Waals surface area contributed by atoms with Gasteiger partial charge in [0.05, 0.1) is 0 Å². The minimum Gasteiger partial charge on any atom is -0.367 e. The van der Waals surface area contributed by atoms with Gasteiger partial charge in [0.15, 0.2) is 5.78 Å². The first-order chi connectivity index (χ1) is 8.31. The molecule has 0 unspecified atom stereocenters. The van der Waals surface area contributed by atoms with Crippen molar-refractivity contribution in [3.8, 4) is 0 Å². The summed E-state index contributed by atoms with van der Waals surface area (Å²) in [6.45, 7) is -2.05. The van der Waals surface area contributed by atoms with Crippen molar-refractivity contribution in [3.05, 3.63) is 20.8 Å². The Kier molecular flexibility index (Phi) is 5.74. The van der Waals surface area contributed by atoms with E-state index in [2.05, 4.69) is 20.7 Å². The number of rotatable bonds is 7. The van der Waals surface area contributed by atoms with E-state index in [1.54, 1.807) is 11.4 Å². The van der Waals surface area contributed by atoms with Gasteiger partial charge in [-0.3, -0.25) is 4.79 Å². The summed E-state index contributed by atoms with van der Waals surface area (Å²) in [5, 5.41) is 1.77. The van der Waals surface area contributed by atoms with Crippen LogP contribution in [0.25, 0.3) is 0 Å². The summed E-state index contributed by atoms with van der Waals surface area (Å²) in [6.07, 6.45) is -3.75. The molecule has 0 atom stereocenters. The van der Waals surface area contributed by atoms with E-state index in [0.717, 1.165) is 9.35 Å². The molecule has 1 aromatic heterocycles. The molecule has 0 fully saturated rings. The second-order valence-corrected chi connectivity index (χ2v) is 5.41. The Morgan fingerprint density at radius 1 is 1.50 bits per heavy atom. The van der Waals surface area contributed by atoms with Crippen molar-refractivity contribution in [2.75, 3.05) is 13.2 Å². The fraction of sp³-hybridized carbons (Fsp3) is 0.500. The molecule has 102 valence electrons. The molecule has 1 heterocycles. The van der Waals surface area contributed by atoms with Crippen molar-refractivity contribution in [1.82, 2.24) is 0 Å². The summed E-state index contributed by atoms with van der Waals surface area (Å²) < 4.78 is 53.5. The predicted molar refractivity (Wildman–Crippen MR) is 62.5 cm³/mol. The summed E-state index contributed by atoms with van der Waals surface area (Å²) in [5.74, 6) is -4.65. The zero-order valence-corrected chi connectivity index (χ0v) is 11.4. The highest BCUT2D eigenvalue weighted by Crippen LogP contribution is 2.23. The quantitative estimate of drug-likeness (QED) is 0.704. The van der Waals surface area contributed by atoms with E-state index in [4.69, 9.17) is 0 Å². The van der Waals surface area contributed by atoms with Gasteiger partial charge in [-0.15, -0.1) is 11.3 Å². The van der Waals surface area contributed by atoms with E-state index in [-0.39, 0.29) is 6.42 Å². The summed E-state index contributed by atoms with van der Waals surface area (Å²) in [6, 6.07) is 1.72. The number of halogens is 5. The van der Waals surface area contributed by atoms with Crippen LogP contribution in [0.1, 0.15) is 4.88 Å². The number of Topliss-reactive ketones (excluding diaryl/α,β-unsaturated/α-hetero) is 1. The van der Waals surface area contributed by atoms with Crippen LogP contribution in [-0.4, -0.2) is 31.3 Å². The number of thiophene rings is 1. The number of carbonyl (C=O) groups excluding carboxylic acids is 1. The summed E-state index contributed by atoms with van der Waals surface area (Å²) in [4.78, 5) is 12.1. The minimum atomic E-state index is -4.22. The first kappa shape index (κ1) is 15.6. The molecule has 18 heavy (non-hydrogen) atoms. The largest absolute Gasteiger partial charge is 0.367 e. The molecule has 0 aliphatic carbocycles. The molecule has 8 heteroatoms. The monoisotopic (exact) mass is 348 g/mol. The van der Waals surface area contributed by atoms with Crippen LogP contribution in [0.5, 0.6) is 0 Å². The molecule has 0 amide bonds. The highest BCUT2D eigenvalue weighted by Gasteiger charge is 2.41. The van der Waals surface area contributed by atoms with Gasteiger partial charge in [0.1, 0.15) is 13.2 Å². The lowest BCUT2D eigenvalue weighted by Gasteiger charge is -2.14. The number of ether oxygens (including phenoxy) is 1. The van der Waals surface area contributed by atoms with Gasteiger partial charge in [0.2, 0.25) is 0 Å². The molecule has 0 bridgehead atoms. The Hall–Kier alpha value is -0.470. The topological polar surface area (TPSA) is 26.3 Å². The molecule has 0 aliphatic heterocycles. The lowest BCUT2D eigenvalue weighted by molar-refractivity contribution is -0.168. The number of carbonyl (C=O) groups is 1. The number of alkyl halides is 4. The van der Waals surface area contributed by atoms with Gasteiger partial charge in [-0.25, -0.2) is 8.78 Å². The molecule has 0 spiro atoms. The van der Waals surface area contributed by atoms with E-state index in [1.165, 1.54) is 11.3 Å². The molecular formula is C10H9BrF4O2S. The predicted octanol–water partition coefficient (Wildman–Crippen LogP) is 3.54. The van der Waals surface area contributed by atoms with Gasteiger partial charge in [-0.2, -0.15) is 8.78 Å². The molecule has 0 aromatic carbocycles. The van der Waals surface area contributed by atoms with Crippen molar-refractivity contribution < 1.29 is 27.1 Å². The van der Waals surface area contributed by atoms with Crippen LogP contribution in [0, 0.1) is 0 Å². The van der Waals surface area contributed by atoms with Crippen LogP contribution in [-0.2, 0) is 16.0 Å². The molecule has 0 radical (unpaired) electrons. The van der Waals surface area contributed by atoms with E-state index in [1.807, 2.05) is 0 Å². The molecule has 1 rings (SSSR count). The Bertz CT molecular complexity index is 408. The number of hydrogen-bond donors (Lipinski definition) is 0. The summed E-state index contributed by atoms with van der Waals surface area (Å²) >= 11 is 4.53. The van der Waals surface area contributed by atoms with Crippen molar-refractivity contribution in [3.63, 3.8) is 0 Å². The number of hydrogen-bond acceptors (Lipinski definition) is 3. The molecule has 0 N–H and O–H groups in total. The van der Waals surface area contributed by atoms with Gasteiger partial charge in [0.25, 0.3) is 0 Å². The maximum Gasteiger partial charge on any atom is 0.330 e. The Labute approximate surface area is 113 Å². The standard InChI is InChI=1S/C10H9BrF4O2S/c11-6-1-8(18-4-6)2-7(16)3-17-5-10(14,15)9(12)13/h1,4,9H,2-3,5H2. The molecule has 0 aliphatic rings. The summed E-state index contributed by atoms with van der Waals surface area (Å²) in [5.41, 5.74) is 0. The Morgan fingerprint density at radius 3 is 2.67 bits per heavy atom. The smallest absolute Gasteiger partial charge is 0.330 e. The van der Waals surface area contributed by atoms with Crippen molar-refractivity contribution in [1.29, 1.82) is 0 Å². The van der Waals surface area contributed by atoms with E-state index >= 15 is 0 Å². The highest BCUT2D eigenvalue weighted by molar-refractivity contribution is 9.10. The van der Waals surface area contributed by atoms with Gasteiger partial charge >= 0.3 is 12.3 Å². The second kappa shape index (κ2) is 6.63. The molecule has 0 saturated heterocycles. The van der Waals surface area contributed by atoms with Gasteiger partial charge in [-0.05, 0) is 22.0 Å². The zero-order valence-electron chi connectivity index (χ0n) is 8.97. The lowest BCUT2D eigenvalue weighted by Crippen LogP contribution is -2.33. The maximum absolute atomic E-state index is 12.4. The second-order valence-electron chi connectivity index (χ2n) is 3.50. The van der Waals surface area contributed by atoms with Crippen molar-refractivity contribution in [2.45, 2.75) is 18.8 Å². The Balaban J connectivity index is 2.30. The third-order valence-electron chi connectivity index (χ3n) is 1.87. The SMILES string of the molecule is O=C(COCC(F)(F)C(F)F)Cc1cc(Br)cs1. The van der Waals surface area contributed by atoms with Gasteiger partial charge in [0, 0.05) is 21.2 Å². The molecule has 1 aromatic rings. The first-order valence-corrected chi connectivity index (χ1v) is 6.47. The fourth-order valence-electron chi connectivity index (χ4n) is 1.06. The van der Waals surface area contributed by atoms with Gasteiger partial charge < -0.3 is 4.74 Å². The van der Waals surface area contributed by atoms with E-state index in [9.17, 15) is 22.4 Å². The fourth-order valence-corrected chi connectivity index (χ4v) is 2.54. The normalized spacial score (nSPS) is 12.1. The lowest BCUT2D eigenvalue weighted by atomic mass is 10.2. The average Bonchev–Trinajstić information content (AvgIpc) is 2.63. The van der Waals surface area contributed by atoms with Crippen LogP contribution in [0.15, 0.2) is 15.9 Å². The van der Waals surface area contributed by atoms with E-state index < -0.39 is 31.3 Å². The zero-order chi connectivity index (χ0) is 13.8. The van der Waals surface area contributed by atoms with Crippen LogP contribution < -0.4 is 0 Å². The van der Waals surface area contributed by atoms with Crippen LogP contribution in [0.2, 0.25) is 0 Å². The highest BCUT2D eigenvalue weighted by atomic mass is 79.9. The van der Waals surface area contributed by atoms with Crippen LogP contribution in [0.4, 0.5) is 17.6 Å². The number of ketones is 1.